The molecule has 1 saturated heterocycles. The van der Waals surface area contributed by atoms with Crippen molar-refractivity contribution in [2.45, 2.75) is 38.1 Å². The molecule has 0 bridgehead atoms. The van der Waals surface area contributed by atoms with E-state index in [1.165, 1.54) is 17.2 Å². The zero-order valence-electron chi connectivity index (χ0n) is 12.0. The van der Waals surface area contributed by atoms with Crippen molar-refractivity contribution >= 4 is 6.03 Å². The Morgan fingerprint density at radius 2 is 2.14 bits per heavy atom. The van der Waals surface area contributed by atoms with Crippen molar-refractivity contribution in [3.05, 3.63) is 29.1 Å². The predicted molar refractivity (Wildman–Crippen MR) is 73.0 cm³/mol. The molecule has 2 aliphatic rings. The lowest BCUT2D eigenvalue weighted by Gasteiger charge is -2.38. The van der Waals surface area contributed by atoms with Crippen molar-refractivity contribution in [3.8, 4) is 0 Å². The lowest BCUT2D eigenvalue weighted by molar-refractivity contribution is -0.0531. The van der Waals surface area contributed by atoms with Gasteiger partial charge in [-0.1, -0.05) is 0 Å². The van der Waals surface area contributed by atoms with Crippen molar-refractivity contribution in [1.29, 1.82) is 0 Å². The number of carbonyl (C=O) groups excluding carboxylic acids is 1. The Kier molecular flexibility index (Phi) is 3.72. The van der Waals surface area contributed by atoms with Gasteiger partial charge in [0, 0.05) is 30.9 Å². The topological polar surface area (TPSA) is 62.5 Å². The summed E-state index contributed by atoms with van der Waals surface area (Å²) in [5.41, 5.74) is 5.93. The Labute approximate surface area is 125 Å². The molecule has 3 heterocycles. The number of aromatic nitrogens is 1. The highest BCUT2D eigenvalue weighted by molar-refractivity contribution is 5.76. The van der Waals surface area contributed by atoms with Crippen LogP contribution in [0.2, 0.25) is 0 Å². The number of hydrogen-bond donors (Lipinski definition) is 1. The lowest BCUT2D eigenvalue weighted by atomic mass is 10.0. The molecule has 8 heteroatoms. The van der Waals surface area contributed by atoms with Gasteiger partial charge in [0.25, 0.3) is 0 Å². The van der Waals surface area contributed by atoms with E-state index in [1.807, 2.05) is 0 Å². The van der Waals surface area contributed by atoms with Gasteiger partial charge in [-0.05, 0) is 25.0 Å². The summed E-state index contributed by atoms with van der Waals surface area (Å²) in [7, 11) is 0. The number of alkyl halides is 3. The highest BCUT2D eigenvalue weighted by Gasteiger charge is 2.47. The molecule has 2 N–H and O–H groups in total. The van der Waals surface area contributed by atoms with Crippen LogP contribution in [-0.2, 0) is 0 Å². The standard InChI is InChI=1S/C14H17F3N4O/c1-7-4-9-11(19-5-7)10(15)13(17)21(12(9)16)14(22)20-3-2-8(18)6-20/h4-5,8,10,12-13H,2-3,6,18H2,1H3. The minimum absolute atomic E-state index is 0.0988. The summed E-state index contributed by atoms with van der Waals surface area (Å²) in [4.78, 5) is 17.7. The average molecular weight is 314 g/mol. The molecule has 3 rings (SSSR count). The summed E-state index contributed by atoms with van der Waals surface area (Å²) in [5, 5.41) is 0. The third-order valence-electron chi connectivity index (χ3n) is 4.07. The molecule has 0 aromatic carbocycles. The molecule has 0 spiro atoms. The van der Waals surface area contributed by atoms with Crippen LogP contribution in [0.5, 0.6) is 0 Å². The maximum Gasteiger partial charge on any atom is 0.325 e. The van der Waals surface area contributed by atoms with Crippen LogP contribution in [0.4, 0.5) is 18.0 Å². The molecule has 4 unspecified atom stereocenters. The number of urea groups is 1. The van der Waals surface area contributed by atoms with Crippen LogP contribution >= 0.6 is 0 Å². The van der Waals surface area contributed by atoms with Gasteiger partial charge < -0.3 is 10.6 Å². The summed E-state index contributed by atoms with van der Waals surface area (Å²) in [5.74, 6) is 0. The lowest BCUT2D eigenvalue weighted by Crippen LogP contribution is -2.51. The first-order valence-electron chi connectivity index (χ1n) is 7.11. The quantitative estimate of drug-likeness (QED) is 0.746. The summed E-state index contributed by atoms with van der Waals surface area (Å²) >= 11 is 0. The maximum atomic E-state index is 14.6. The van der Waals surface area contributed by atoms with Crippen LogP contribution in [0.25, 0.3) is 0 Å². The van der Waals surface area contributed by atoms with E-state index >= 15 is 0 Å². The van der Waals surface area contributed by atoms with E-state index in [-0.39, 0.29) is 23.8 Å². The third-order valence-corrected chi connectivity index (χ3v) is 4.07. The number of likely N-dealkylation sites (tertiary alicyclic amines) is 1. The summed E-state index contributed by atoms with van der Waals surface area (Å²) in [6, 6.07) is 0.298. The van der Waals surface area contributed by atoms with Crippen molar-refractivity contribution in [2.75, 3.05) is 13.1 Å². The number of fused-ring (bicyclic) bond motifs is 1. The maximum absolute atomic E-state index is 14.6. The van der Waals surface area contributed by atoms with Crippen LogP contribution in [0.1, 0.15) is 35.7 Å². The van der Waals surface area contributed by atoms with E-state index < -0.39 is 24.8 Å². The number of hydrogen-bond acceptors (Lipinski definition) is 3. The van der Waals surface area contributed by atoms with Crippen LogP contribution < -0.4 is 5.73 Å². The number of aryl methyl sites for hydroxylation is 1. The van der Waals surface area contributed by atoms with Gasteiger partial charge in [0.05, 0.1) is 5.69 Å². The molecule has 120 valence electrons. The van der Waals surface area contributed by atoms with E-state index in [9.17, 15) is 18.0 Å². The van der Waals surface area contributed by atoms with Crippen LogP contribution in [0, 0.1) is 6.92 Å². The molecule has 2 aliphatic heterocycles. The second-order valence-corrected chi connectivity index (χ2v) is 5.78. The van der Waals surface area contributed by atoms with Crippen LogP contribution in [0.15, 0.2) is 12.3 Å². The SMILES string of the molecule is Cc1cnc2c(c1)C(F)N(C(=O)N1CCC(N)C1)C(F)C2F. The minimum Gasteiger partial charge on any atom is -0.326 e. The highest BCUT2D eigenvalue weighted by atomic mass is 19.2. The van der Waals surface area contributed by atoms with E-state index in [1.54, 1.807) is 6.92 Å². The Morgan fingerprint density at radius 1 is 1.41 bits per heavy atom. The fraction of sp³-hybridized carbons (Fsp3) is 0.571. The molecule has 0 aliphatic carbocycles. The molecule has 0 radical (unpaired) electrons. The van der Waals surface area contributed by atoms with Gasteiger partial charge in [0.2, 0.25) is 12.6 Å². The molecule has 5 nitrogen and oxygen atoms in total. The summed E-state index contributed by atoms with van der Waals surface area (Å²) in [6.45, 7) is 2.19. The number of nitrogens with zero attached hydrogens (tertiary/aromatic N) is 3. The molecular formula is C14H17F3N4O. The number of amides is 2. The number of halogens is 3. The van der Waals surface area contributed by atoms with Crippen molar-refractivity contribution in [1.82, 2.24) is 14.8 Å². The van der Waals surface area contributed by atoms with Crippen molar-refractivity contribution < 1.29 is 18.0 Å². The van der Waals surface area contributed by atoms with Gasteiger partial charge in [-0.3, -0.25) is 9.88 Å². The fourth-order valence-electron chi connectivity index (χ4n) is 2.90. The highest BCUT2D eigenvalue weighted by Crippen LogP contribution is 2.42. The number of pyridine rings is 1. The Bertz CT molecular complexity index is 599. The molecule has 1 fully saturated rings. The Hall–Kier alpha value is -1.83. The first kappa shape index (κ1) is 15.1. The van der Waals surface area contributed by atoms with Gasteiger partial charge in [-0.25, -0.2) is 18.0 Å². The third kappa shape index (κ3) is 2.31. The second kappa shape index (κ2) is 5.42. The smallest absolute Gasteiger partial charge is 0.325 e. The minimum atomic E-state index is -2.40. The summed E-state index contributed by atoms with van der Waals surface area (Å²) in [6.07, 6.45) is -4.72. The number of carbonyl (C=O) groups is 1. The van der Waals surface area contributed by atoms with Crippen molar-refractivity contribution in [3.63, 3.8) is 0 Å². The summed E-state index contributed by atoms with van der Waals surface area (Å²) < 4.78 is 43.1. The van der Waals surface area contributed by atoms with Gasteiger partial charge in [0.1, 0.15) is 0 Å². The molecule has 0 saturated carbocycles. The predicted octanol–water partition coefficient (Wildman–Crippen LogP) is 2.13. The normalized spacial score (nSPS) is 31.3. The first-order chi connectivity index (χ1) is 10.4. The van der Waals surface area contributed by atoms with E-state index in [0.717, 1.165) is 0 Å². The van der Waals surface area contributed by atoms with Crippen LogP contribution in [-0.4, -0.2) is 46.2 Å². The molecule has 1 aromatic rings. The Balaban J connectivity index is 1.93. The van der Waals surface area contributed by atoms with Crippen LogP contribution in [0.3, 0.4) is 0 Å². The van der Waals surface area contributed by atoms with Gasteiger partial charge in [-0.15, -0.1) is 0 Å². The first-order valence-corrected chi connectivity index (χ1v) is 7.11. The second-order valence-electron chi connectivity index (χ2n) is 5.78. The van der Waals surface area contributed by atoms with Crippen molar-refractivity contribution in [2.24, 2.45) is 5.73 Å². The zero-order chi connectivity index (χ0) is 16.0. The average Bonchev–Trinajstić information content (AvgIpc) is 2.91. The molecular weight excluding hydrogens is 297 g/mol. The Morgan fingerprint density at radius 3 is 2.77 bits per heavy atom. The molecule has 4 atom stereocenters. The zero-order valence-corrected chi connectivity index (χ0v) is 12.0. The molecule has 1 aromatic heterocycles. The monoisotopic (exact) mass is 314 g/mol. The van der Waals surface area contributed by atoms with E-state index in [4.69, 9.17) is 5.73 Å². The largest absolute Gasteiger partial charge is 0.326 e. The van der Waals surface area contributed by atoms with Gasteiger partial charge in [-0.2, -0.15) is 0 Å². The number of nitrogens with two attached hydrogens (primary N) is 1. The molecule has 22 heavy (non-hydrogen) atoms. The van der Waals surface area contributed by atoms with E-state index in [2.05, 4.69) is 4.98 Å². The van der Waals surface area contributed by atoms with Gasteiger partial charge in [0.15, 0.2) is 6.17 Å². The number of rotatable bonds is 0. The van der Waals surface area contributed by atoms with Gasteiger partial charge >= 0.3 is 6.03 Å². The van der Waals surface area contributed by atoms with E-state index in [0.29, 0.717) is 23.4 Å². The fourth-order valence-corrected chi connectivity index (χ4v) is 2.90. The molecule has 2 amide bonds.